The maximum atomic E-state index is 12.3. The number of nitrogens with two attached hydrogens (primary N) is 1. The van der Waals surface area contributed by atoms with Crippen molar-refractivity contribution < 1.29 is 19.1 Å². The smallest absolute Gasteiger partial charge is 0.243 e. The highest BCUT2D eigenvalue weighted by Crippen LogP contribution is 2.14. The first-order valence-corrected chi connectivity index (χ1v) is 8.30. The Labute approximate surface area is 145 Å². The molecule has 0 spiro atoms. The third-order valence-corrected chi connectivity index (χ3v) is 4.20. The first-order chi connectivity index (χ1) is 12.1. The summed E-state index contributed by atoms with van der Waals surface area (Å²) in [5.41, 5.74) is 7.02. The number of hydrogen-bond acceptors (Lipinski definition) is 5. The lowest BCUT2D eigenvalue weighted by atomic mass is 10.1. The predicted molar refractivity (Wildman–Crippen MR) is 90.7 cm³/mol. The Bertz CT molecular complexity index is 745. The number of nitrogens with one attached hydrogen (secondary N) is 1. The lowest BCUT2D eigenvalue weighted by Gasteiger charge is -2.31. The molecular formula is C17H22N4O4. The van der Waals surface area contributed by atoms with Crippen molar-refractivity contribution in [2.75, 3.05) is 19.8 Å². The molecule has 1 aromatic carbocycles. The first kappa shape index (κ1) is 17.4. The van der Waals surface area contributed by atoms with E-state index in [4.69, 9.17) is 15.2 Å². The van der Waals surface area contributed by atoms with Crippen LogP contribution in [0.3, 0.4) is 0 Å². The van der Waals surface area contributed by atoms with Gasteiger partial charge in [-0.1, -0.05) is 12.1 Å². The van der Waals surface area contributed by atoms with Crippen molar-refractivity contribution in [3.63, 3.8) is 0 Å². The summed E-state index contributed by atoms with van der Waals surface area (Å²) in [7, 11) is 0. The molecule has 25 heavy (non-hydrogen) atoms. The fraction of sp³-hybridized carbons (Fsp3) is 0.471. The quantitative estimate of drug-likeness (QED) is 0.745. The predicted octanol–water partition coefficient (Wildman–Crippen LogP) is 0.202. The van der Waals surface area contributed by atoms with Gasteiger partial charge in [0.15, 0.2) is 0 Å². The van der Waals surface area contributed by atoms with Gasteiger partial charge in [-0.15, -0.1) is 0 Å². The minimum absolute atomic E-state index is 0.0719. The van der Waals surface area contributed by atoms with Gasteiger partial charge in [-0.25, -0.2) is 4.98 Å². The van der Waals surface area contributed by atoms with Gasteiger partial charge in [0.25, 0.3) is 0 Å². The largest absolute Gasteiger partial charge is 0.379 e. The Kier molecular flexibility index (Phi) is 5.62. The Balaban J connectivity index is 1.53. The zero-order valence-electron chi connectivity index (χ0n) is 13.9. The van der Waals surface area contributed by atoms with Gasteiger partial charge in [0.2, 0.25) is 11.8 Å². The number of carbonyl (C=O) groups excluding carboxylic acids is 2. The van der Waals surface area contributed by atoms with E-state index >= 15 is 0 Å². The minimum Gasteiger partial charge on any atom is -0.379 e. The number of para-hydroxylation sites is 2. The Morgan fingerprint density at radius 1 is 1.40 bits per heavy atom. The van der Waals surface area contributed by atoms with Crippen molar-refractivity contribution in [2.24, 2.45) is 5.73 Å². The number of aromatic nitrogens is 2. The number of rotatable bonds is 7. The van der Waals surface area contributed by atoms with Gasteiger partial charge in [-0.05, 0) is 18.6 Å². The lowest BCUT2D eigenvalue weighted by Crippen LogP contribution is -2.50. The fourth-order valence-corrected chi connectivity index (χ4v) is 2.92. The van der Waals surface area contributed by atoms with E-state index in [0.29, 0.717) is 32.6 Å². The van der Waals surface area contributed by atoms with Crippen molar-refractivity contribution in [2.45, 2.75) is 31.5 Å². The van der Waals surface area contributed by atoms with Crippen molar-refractivity contribution in [1.82, 2.24) is 14.9 Å². The van der Waals surface area contributed by atoms with Gasteiger partial charge < -0.3 is 25.1 Å². The molecule has 1 saturated heterocycles. The average Bonchev–Trinajstić information content (AvgIpc) is 3.02. The molecule has 2 amide bonds. The fourth-order valence-electron chi connectivity index (χ4n) is 2.92. The van der Waals surface area contributed by atoms with Gasteiger partial charge in [0.1, 0.15) is 12.7 Å². The maximum Gasteiger partial charge on any atom is 0.243 e. The molecule has 2 aromatic rings. The zero-order chi connectivity index (χ0) is 17.6. The third-order valence-electron chi connectivity index (χ3n) is 4.20. The van der Waals surface area contributed by atoms with Crippen LogP contribution >= 0.6 is 0 Å². The Hall–Kier alpha value is -2.45. The highest BCUT2D eigenvalue weighted by Gasteiger charge is 2.28. The number of imidazole rings is 1. The second kappa shape index (κ2) is 8.09. The molecule has 0 bridgehead atoms. The molecule has 0 saturated carbocycles. The van der Waals surface area contributed by atoms with Crippen molar-refractivity contribution >= 4 is 22.8 Å². The van der Waals surface area contributed by atoms with E-state index in [1.807, 2.05) is 28.8 Å². The average molecular weight is 346 g/mol. The molecule has 0 aliphatic carbocycles. The summed E-state index contributed by atoms with van der Waals surface area (Å²) in [6.07, 6.45) is 2.36. The van der Waals surface area contributed by atoms with Crippen LogP contribution in [0.1, 0.15) is 12.8 Å². The van der Waals surface area contributed by atoms with Crippen LogP contribution in [0.25, 0.3) is 11.0 Å². The maximum absolute atomic E-state index is 12.3. The molecule has 8 nitrogen and oxygen atoms in total. The van der Waals surface area contributed by atoms with E-state index in [-0.39, 0.29) is 24.7 Å². The van der Waals surface area contributed by atoms with Crippen LogP contribution in [0.4, 0.5) is 0 Å². The topological polar surface area (TPSA) is 108 Å². The van der Waals surface area contributed by atoms with E-state index < -0.39 is 5.91 Å². The molecule has 1 aromatic heterocycles. The number of amides is 2. The van der Waals surface area contributed by atoms with E-state index in [1.165, 1.54) is 0 Å². The van der Waals surface area contributed by atoms with Gasteiger partial charge in [0.05, 0.1) is 30.0 Å². The van der Waals surface area contributed by atoms with E-state index in [9.17, 15) is 9.59 Å². The molecule has 134 valence electrons. The molecule has 2 atom stereocenters. The number of primary amides is 1. The summed E-state index contributed by atoms with van der Waals surface area (Å²) >= 11 is 0. The summed E-state index contributed by atoms with van der Waals surface area (Å²) < 4.78 is 12.7. The molecule has 0 unspecified atom stereocenters. The molecule has 8 heteroatoms. The molecule has 0 radical (unpaired) electrons. The highest BCUT2D eigenvalue weighted by molar-refractivity contribution is 5.78. The lowest BCUT2D eigenvalue weighted by molar-refractivity contribution is -0.132. The van der Waals surface area contributed by atoms with Crippen LogP contribution in [0.15, 0.2) is 30.6 Å². The Morgan fingerprint density at radius 3 is 3.08 bits per heavy atom. The minimum atomic E-state index is -0.539. The van der Waals surface area contributed by atoms with Crippen molar-refractivity contribution in [3.8, 4) is 0 Å². The molecule has 2 heterocycles. The van der Waals surface area contributed by atoms with Crippen LogP contribution in [0, 0.1) is 0 Å². The van der Waals surface area contributed by atoms with Crippen LogP contribution in [0.2, 0.25) is 0 Å². The van der Waals surface area contributed by atoms with Crippen LogP contribution in [-0.2, 0) is 25.6 Å². The van der Waals surface area contributed by atoms with Crippen LogP contribution in [-0.4, -0.2) is 53.3 Å². The van der Waals surface area contributed by atoms with E-state index in [0.717, 1.165) is 11.0 Å². The molecule has 3 N–H and O–H groups in total. The number of benzene rings is 1. The summed E-state index contributed by atoms with van der Waals surface area (Å²) in [5, 5.41) is 2.97. The molecule has 1 aliphatic rings. The van der Waals surface area contributed by atoms with Gasteiger partial charge >= 0.3 is 0 Å². The zero-order valence-corrected chi connectivity index (χ0v) is 13.9. The molecule has 1 aliphatic heterocycles. The summed E-state index contributed by atoms with van der Waals surface area (Å²) in [4.78, 5) is 27.5. The summed E-state index contributed by atoms with van der Waals surface area (Å²) in [6, 6.07) is 7.62. The molecular weight excluding hydrogens is 324 g/mol. The first-order valence-electron chi connectivity index (χ1n) is 8.30. The summed E-state index contributed by atoms with van der Waals surface area (Å²) in [6.45, 7) is 1.25. The number of nitrogens with zero attached hydrogens (tertiary/aromatic N) is 2. The van der Waals surface area contributed by atoms with E-state index in [2.05, 4.69) is 10.3 Å². The van der Waals surface area contributed by atoms with Gasteiger partial charge in [-0.2, -0.15) is 0 Å². The van der Waals surface area contributed by atoms with Crippen molar-refractivity contribution in [3.05, 3.63) is 30.6 Å². The van der Waals surface area contributed by atoms with E-state index in [1.54, 1.807) is 6.33 Å². The normalized spacial score (nSPS) is 20.5. The second-order valence-corrected chi connectivity index (χ2v) is 6.03. The molecule has 3 rings (SSSR count). The van der Waals surface area contributed by atoms with Gasteiger partial charge in [0, 0.05) is 19.6 Å². The standard InChI is InChI=1S/C17H22N4O4/c18-16(22)10-25-15-9-24-8-6-13(15)20-17(23)5-7-21-11-19-12-3-1-2-4-14(12)21/h1-4,11,13,15H,5-10H2,(H2,18,22)(H,20,23)/t13-,15-/m1/s1. The highest BCUT2D eigenvalue weighted by atomic mass is 16.5. The van der Waals surface area contributed by atoms with Crippen LogP contribution < -0.4 is 11.1 Å². The summed E-state index contributed by atoms with van der Waals surface area (Å²) in [5.74, 6) is -0.611. The monoisotopic (exact) mass is 346 g/mol. The number of carbonyl (C=O) groups is 2. The number of fused-ring (bicyclic) bond motifs is 1. The molecule has 1 fully saturated rings. The second-order valence-electron chi connectivity index (χ2n) is 6.03. The SMILES string of the molecule is NC(=O)CO[C@@H]1COCC[C@H]1NC(=O)CCn1cnc2ccccc21. The third kappa shape index (κ3) is 4.55. The van der Waals surface area contributed by atoms with Gasteiger partial charge in [-0.3, -0.25) is 9.59 Å². The number of aryl methyl sites for hydroxylation is 1. The van der Waals surface area contributed by atoms with Crippen LogP contribution in [0.5, 0.6) is 0 Å². The number of ether oxygens (including phenoxy) is 2. The van der Waals surface area contributed by atoms with Crippen molar-refractivity contribution in [1.29, 1.82) is 0 Å². The Morgan fingerprint density at radius 2 is 2.24 bits per heavy atom. The number of hydrogen-bond donors (Lipinski definition) is 2.